The van der Waals surface area contributed by atoms with Gasteiger partial charge in [-0.1, -0.05) is 18.2 Å². The van der Waals surface area contributed by atoms with E-state index in [1.807, 2.05) is 0 Å². The minimum Gasteiger partial charge on any atom is -0.448 e. The summed E-state index contributed by atoms with van der Waals surface area (Å²) in [5.41, 5.74) is 8.33. The molecule has 0 spiro atoms. The maximum absolute atomic E-state index is 12.8. The van der Waals surface area contributed by atoms with E-state index in [1.165, 1.54) is 23.2 Å². The molecule has 0 bridgehead atoms. The van der Waals surface area contributed by atoms with Gasteiger partial charge in [-0.3, -0.25) is 4.79 Å². The molecule has 11 heteroatoms. The number of amides is 2. The van der Waals surface area contributed by atoms with Crippen LogP contribution in [0.5, 0.6) is 5.75 Å². The number of ether oxygens (including phenoxy) is 2. The van der Waals surface area contributed by atoms with Crippen molar-refractivity contribution < 1.29 is 32.2 Å². The monoisotopic (exact) mass is 502 g/mol. The lowest BCUT2D eigenvalue weighted by molar-refractivity contribution is -0.274. The Hall–Kier alpha value is -4.25. The second-order valence-corrected chi connectivity index (χ2v) is 7.74. The fourth-order valence-electron chi connectivity index (χ4n) is 3.35. The van der Waals surface area contributed by atoms with E-state index < -0.39 is 18.4 Å². The molecule has 0 aliphatic rings. The number of hydrogen-bond donors (Lipinski definition) is 2. The van der Waals surface area contributed by atoms with Gasteiger partial charge in [-0.15, -0.1) is 13.2 Å². The molecule has 3 aromatic rings. The third-order valence-electron chi connectivity index (χ3n) is 4.92. The van der Waals surface area contributed by atoms with E-state index in [0.717, 1.165) is 0 Å². The molecule has 36 heavy (non-hydrogen) atoms. The van der Waals surface area contributed by atoms with Gasteiger partial charge >= 0.3 is 12.5 Å². The number of carbonyl (C=O) groups excluding carboxylic acids is 2. The van der Waals surface area contributed by atoms with Crippen molar-refractivity contribution in [3.63, 3.8) is 0 Å². The Kier molecular flexibility index (Phi) is 8.05. The molecule has 0 radical (unpaired) electrons. The highest BCUT2D eigenvalue weighted by Gasteiger charge is 2.31. The van der Waals surface area contributed by atoms with E-state index in [2.05, 4.69) is 10.1 Å². The van der Waals surface area contributed by atoms with E-state index in [-0.39, 0.29) is 23.7 Å². The molecule has 0 fully saturated rings. The quantitative estimate of drug-likeness (QED) is 0.326. The molecule has 8 nitrogen and oxygen atoms in total. The standard InChI is InChI=1S/C25H25F3N4O4/c1-4-35-24(34)32(31(2)3)19-11-8-16(9-12-19)23(33)30-22-15-18(10-13-21(22)29)17-6-5-7-20(14-17)36-25(26,27)28/h5-15H,4,29H2,1-3H3,(H,30,33). The number of nitrogen functional groups attached to an aromatic ring is 1. The first-order valence-electron chi connectivity index (χ1n) is 10.8. The molecule has 3 aromatic carbocycles. The summed E-state index contributed by atoms with van der Waals surface area (Å²) >= 11 is 0. The SMILES string of the molecule is CCOC(=O)N(c1ccc(C(=O)Nc2cc(-c3cccc(OC(F)(F)F)c3)ccc2N)cc1)N(C)C. The van der Waals surface area contributed by atoms with E-state index in [4.69, 9.17) is 10.5 Å². The minimum atomic E-state index is -4.81. The van der Waals surface area contributed by atoms with Crippen molar-refractivity contribution in [1.29, 1.82) is 0 Å². The van der Waals surface area contributed by atoms with Gasteiger partial charge in [0, 0.05) is 19.7 Å². The Morgan fingerprint density at radius 3 is 2.25 bits per heavy atom. The molecule has 0 aromatic heterocycles. The van der Waals surface area contributed by atoms with E-state index >= 15 is 0 Å². The number of nitrogens with one attached hydrogen (secondary N) is 1. The normalized spacial score (nSPS) is 11.2. The molecule has 0 unspecified atom stereocenters. The summed E-state index contributed by atoms with van der Waals surface area (Å²) < 4.78 is 46.7. The number of hydrazine groups is 1. The average molecular weight is 502 g/mol. The summed E-state index contributed by atoms with van der Waals surface area (Å²) in [5, 5.41) is 5.57. The third kappa shape index (κ3) is 6.66. The fraction of sp³-hybridized carbons (Fsp3) is 0.200. The Morgan fingerprint density at radius 2 is 1.64 bits per heavy atom. The molecule has 0 aliphatic heterocycles. The predicted molar refractivity (Wildman–Crippen MR) is 131 cm³/mol. The molecule has 2 amide bonds. The first-order valence-corrected chi connectivity index (χ1v) is 10.8. The van der Waals surface area contributed by atoms with E-state index in [9.17, 15) is 22.8 Å². The smallest absolute Gasteiger partial charge is 0.448 e. The molecule has 0 atom stereocenters. The first kappa shape index (κ1) is 26.4. The van der Waals surface area contributed by atoms with Gasteiger partial charge in [-0.05, 0) is 66.6 Å². The number of benzene rings is 3. The Labute approximate surface area is 206 Å². The van der Waals surface area contributed by atoms with Crippen molar-refractivity contribution in [2.45, 2.75) is 13.3 Å². The number of nitrogens with two attached hydrogens (primary N) is 1. The molecule has 0 heterocycles. The first-order chi connectivity index (χ1) is 17.0. The van der Waals surface area contributed by atoms with Crippen molar-refractivity contribution in [1.82, 2.24) is 5.01 Å². The van der Waals surface area contributed by atoms with Crippen LogP contribution in [0.25, 0.3) is 11.1 Å². The summed E-state index contributed by atoms with van der Waals surface area (Å²) in [6.45, 7) is 1.91. The van der Waals surface area contributed by atoms with Crippen molar-refractivity contribution >= 4 is 29.1 Å². The highest BCUT2D eigenvalue weighted by molar-refractivity contribution is 6.06. The van der Waals surface area contributed by atoms with Crippen LogP contribution in [-0.2, 0) is 4.74 Å². The lowest BCUT2D eigenvalue weighted by atomic mass is 10.0. The molecule has 0 aliphatic carbocycles. The number of halogens is 3. The second-order valence-electron chi connectivity index (χ2n) is 7.74. The lowest BCUT2D eigenvalue weighted by Gasteiger charge is -2.27. The van der Waals surface area contributed by atoms with Gasteiger partial charge in [-0.25, -0.2) is 14.8 Å². The van der Waals surface area contributed by atoms with Gasteiger partial charge in [-0.2, -0.15) is 0 Å². The zero-order valence-electron chi connectivity index (χ0n) is 19.8. The highest BCUT2D eigenvalue weighted by Crippen LogP contribution is 2.31. The van der Waals surface area contributed by atoms with Crippen LogP contribution in [0.2, 0.25) is 0 Å². The number of hydrogen-bond acceptors (Lipinski definition) is 6. The van der Waals surface area contributed by atoms with Crippen LogP contribution in [-0.4, -0.2) is 44.1 Å². The second kappa shape index (κ2) is 11.0. The van der Waals surface area contributed by atoms with Crippen molar-refractivity contribution in [2.75, 3.05) is 36.8 Å². The molecular formula is C25H25F3N4O4. The number of alkyl halides is 3. The van der Waals surface area contributed by atoms with E-state index in [1.54, 1.807) is 74.6 Å². The highest BCUT2D eigenvalue weighted by atomic mass is 19.4. The maximum atomic E-state index is 12.8. The zero-order valence-corrected chi connectivity index (χ0v) is 19.8. The van der Waals surface area contributed by atoms with Crippen LogP contribution in [0.3, 0.4) is 0 Å². The maximum Gasteiger partial charge on any atom is 0.573 e. The molecule has 0 saturated carbocycles. The third-order valence-corrected chi connectivity index (χ3v) is 4.92. The van der Waals surface area contributed by atoms with Crippen LogP contribution in [0.4, 0.5) is 35.0 Å². The summed E-state index contributed by atoms with van der Waals surface area (Å²) in [6.07, 6.45) is -5.37. The van der Waals surface area contributed by atoms with Gasteiger partial charge in [0.2, 0.25) is 0 Å². The van der Waals surface area contributed by atoms with Crippen molar-refractivity contribution in [3.8, 4) is 16.9 Å². The largest absolute Gasteiger partial charge is 0.573 e. The van der Waals surface area contributed by atoms with Crippen LogP contribution >= 0.6 is 0 Å². The van der Waals surface area contributed by atoms with Gasteiger partial charge < -0.3 is 20.5 Å². The topological polar surface area (TPSA) is 97.1 Å². The van der Waals surface area contributed by atoms with E-state index in [0.29, 0.717) is 22.4 Å². The van der Waals surface area contributed by atoms with Crippen LogP contribution < -0.4 is 20.8 Å². The fourth-order valence-corrected chi connectivity index (χ4v) is 3.35. The number of nitrogens with zero attached hydrogens (tertiary/aromatic N) is 2. The van der Waals surface area contributed by atoms with Crippen molar-refractivity contribution in [3.05, 3.63) is 72.3 Å². The van der Waals surface area contributed by atoms with Crippen LogP contribution in [0.15, 0.2) is 66.7 Å². The number of carbonyl (C=O) groups is 2. The number of anilines is 3. The molecule has 0 saturated heterocycles. The average Bonchev–Trinajstić information content (AvgIpc) is 2.80. The summed E-state index contributed by atoms with van der Waals surface area (Å²) in [7, 11) is 3.36. The lowest BCUT2D eigenvalue weighted by Crippen LogP contribution is -2.42. The summed E-state index contributed by atoms with van der Waals surface area (Å²) in [5.74, 6) is -0.829. The van der Waals surface area contributed by atoms with Gasteiger partial charge in [0.1, 0.15) is 5.75 Å². The van der Waals surface area contributed by atoms with Gasteiger partial charge in [0.25, 0.3) is 5.91 Å². The molecule has 3 N–H and O–H groups in total. The number of rotatable bonds is 7. The predicted octanol–water partition coefficient (Wildman–Crippen LogP) is 5.53. The Morgan fingerprint density at radius 1 is 0.972 bits per heavy atom. The van der Waals surface area contributed by atoms with Gasteiger partial charge in [0.05, 0.1) is 23.7 Å². The summed E-state index contributed by atoms with van der Waals surface area (Å²) in [4.78, 5) is 25.1. The Balaban J connectivity index is 1.80. The minimum absolute atomic E-state index is 0.212. The summed E-state index contributed by atoms with van der Waals surface area (Å²) in [6, 6.07) is 16.5. The van der Waals surface area contributed by atoms with Crippen LogP contribution in [0, 0.1) is 0 Å². The molecule has 3 rings (SSSR count). The Bertz CT molecular complexity index is 1230. The van der Waals surface area contributed by atoms with Gasteiger partial charge in [0.15, 0.2) is 0 Å². The van der Waals surface area contributed by atoms with Crippen molar-refractivity contribution in [2.24, 2.45) is 0 Å². The zero-order chi connectivity index (χ0) is 26.5. The van der Waals surface area contributed by atoms with Crippen LogP contribution in [0.1, 0.15) is 17.3 Å². The molecular weight excluding hydrogens is 477 g/mol. The molecule has 190 valence electrons.